The second kappa shape index (κ2) is 11.0. The standard InChI is InChI=1S/C48H28N6O/c55-45-35-22-10-14-26-40(35)53(46-51-43(29-15-3-1-4-16-29)50-44(52-46)30-17-5-2-6-18-30)47-49-39-28-27-34-33-21-9-13-25-38(33)48(41(34)42(39)54(45)47)36-23-11-7-19-31(36)32-20-8-12-24-37(32)48/h1-28H. The average Bonchev–Trinajstić information content (AvgIpc) is 3.89. The zero-order valence-electron chi connectivity index (χ0n) is 29.3. The largest absolute Gasteiger partial charge is 0.268 e. The summed E-state index contributed by atoms with van der Waals surface area (Å²) in [5.74, 6) is 1.85. The highest BCUT2D eigenvalue weighted by molar-refractivity contribution is 6.03. The molecule has 7 aromatic carbocycles. The van der Waals surface area contributed by atoms with E-state index in [1.807, 2.05) is 93.9 Å². The summed E-state index contributed by atoms with van der Waals surface area (Å²) >= 11 is 0. The lowest BCUT2D eigenvalue weighted by atomic mass is 9.70. The summed E-state index contributed by atoms with van der Waals surface area (Å²) in [6, 6.07) is 57.8. The van der Waals surface area contributed by atoms with Gasteiger partial charge < -0.3 is 0 Å². The van der Waals surface area contributed by atoms with Crippen molar-refractivity contribution >= 4 is 27.7 Å². The third-order valence-corrected chi connectivity index (χ3v) is 11.4. The molecule has 0 saturated heterocycles. The van der Waals surface area contributed by atoms with Crippen molar-refractivity contribution in [1.82, 2.24) is 28.9 Å². The van der Waals surface area contributed by atoms with Crippen LogP contribution in [-0.4, -0.2) is 28.9 Å². The summed E-state index contributed by atoms with van der Waals surface area (Å²) in [5, 5.41) is 0.534. The van der Waals surface area contributed by atoms with E-state index < -0.39 is 5.41 Å². The summed E-state index contributed by atoms with van der Waals surface area (Å²) in [7, 11) is 0. The predicted molar refractivity (Wildman–Crippen MR) is 216 cm³/mol. The predicted octanol–water partition coefficient (Wildman–Crippen LogP) is 9.65. The zero-order chi connectivity index (χ0) is 36.3. The first-order valence-corrected chi connectivity index (χ1v) is 18.4. The van der Waals surface area contributed by atoms with E-state index in [4.69, 9.17) is 19.9 Å². The lowest BCUT2D eigenvalue weighted by molar-refractivity contribution is 0.796. The van der Waals surface area contributed by atoms with Gasteiger partial charge in [0.05, 0.1) is 27.4 Å². The van der Waals surface area contributed by atoms with Gasteiger partial charge in [-0.2, -0.15) is 9.97 Å². The van der Waals surface area contributed by atoms with Crippen molar-refractivity contribution in [1.29, 1.82) is 0 Å². The van der Waals surface area contributed by atoms with Crippen molar-refractivity contribution in [3.05, 3.63) is 202 Å². The Morgan fingerprint density at radius 3 is 1.56 bits per heavy atom. The molecule has 55 heavy (non-hydrogen) atoms. The highest BCUT2D eigenvalue weighted by Crippen LogP contribution is 2.63. The number of hydrogen-bond acceptors (Lipinski definition) is 5. The molecule has 0 aliphatic heterocycles. The normalized spacial score (nSPS) is 13.3. The molecule has 2 aliphatic rings. The molecule has 12 rings (SSSR count). The Morgan fingerprint density at radius 1 is 0.455 bits per heavy atom. The van der Waals surface area contributed by atoms with Gasteiger partial charge in [-0.15, -0.1) is 0 Å². The van der Waals surface area contributed by atoms with Gasteiger partial charge in [0.2, 0.25) is 11.7 Å². The number of fused-ring (bicyclic) bond motifs is 15. The number of para-hydroxylation sites is 1. The van der Waals surface area contributed by atoms with E-state index in [9.17, 15) is 0 Å². The zero-order valence-corrected chi connectivity index (χ0v) is 29.3. The van der Waals surface area contributed by atoms with Gasteiger partial charge in [0, 0.05) is 16.7 Å². The van der Waals surface area contributed by atoms with Crippen LogP contribution in [0.5, 0.6) is 0 Å². The van der Waals surface area contributed by atoms with Crippen LogP contribution in [0.3, 0.4) is 0 Å². The van der Waals surface area contributed by atoms with E-state index in [0.717, 1.165) is 38.9 Å². The number of rotatable bonds is 3. The van der Waals surface area contributed by atoms with Crippen LogP contribution in [-0.2, 0) is 5.41 Å². The van der Waals surface area contributed by atoms with E-state index in [1.165, 1.54) is 27.8 Å². The van der Waals surface area contributed by atoms with Gasteiger partial charge in [-0.1, -0.05) is 152 Å². The lowest BCUT2D eigenvalue weighted by Crippen LogP contribution is -2.27. The second-order valence-corrected chi connectivity index (χ2v) is 14.2. The van der Waals surface area contributed by atoms with Crippen molar-refractivity contribution in [3.63, 3.8) is 0 Å². The van der Waals surface area contributed by atoms with Crippen LogP contribution in [0, 0.1) is 0 Å². The molecule has 10 aromatic rings. The smallest absolute Gasteiger partial charge is 0.267 e. The molecule has 0 amide bonds. The molecule has 2 aliphatic carbocycles. The van der Waals surface area contributed by atoms with E-state index >= 15 is 4.79 Å². The summed E-state index contributed by atoms with van der Waals surface area (Å²) in [6.07, 6.45) is 0. The van der Waals surface area contributed by atoms with E-state index in [-0.39, 0.29) is 5.56 Å². The summed E-state index contributed by atoms with van der Waals surface area (Å²) < 4.78 is 3.73. The second-order valence-electron chi connectivity index (χ2n) is 14.2. The topological polar surface area (TPSA) is 78.0 Å². The van der Waals surface area contributed by atoms with Gasteiger partial charge in [-0.25, -0.2) is 18.9 Å². The summed E-state index contributed by atoms with van der Waals surface area (Å²) in [6.45, 7) is 0. The third-order valence-electron chi connectivity index (χ3n) is 11.4. The monoisotopic (exact) mass is 704 g/mol. The minimum atomic E-state index is -0.675. The van der Waals surface area contributed by atoms with E-state index in [0.29, 0.717) is 34.3 Å². The van der Waals surface area contributed by atoms with Gasteiger partial charge in [0.15, 0.2) is 11.6 Å². The number of hydrogen-bond donors (Lipinski definition) is 0. The molecular formula is C48H28N6O. The average molecular weight is 705 g/mol. The molecule has 7 nitrogen and oxygen atoms in total. The van der Waals surface area contributed by atoms with Gasteiger partial charge in [-0.05, 0) is 57.1 Å². The van der Waals surface area contributed by atoms with Crippen LogP contribution >= 0.6 is 0 Å². The summed E-state index contributed by atoms with van der Waals surface area (Å²) in [4.78, 5) is 35.7. The molecule has 3 heterocycles. The van der Waals surface area contributed by atoms with Gasteiger partial charge in [0.25, 0.3) is 5.56 Å². The van der Waals surface area contributed by atoms with E-state index in [2.05, 4.69) is 84.9 Å². The van der Waals surface area contributed by atoms with Crippen LogP contribution in [0.15, 0.2) is 175 Å². The van der Waals surface area contributed by atoms with Crippen molar-refractivity contribution in [2.24, 2.45) is 0 Å². The Bertz CT molecular complexity index is 3170. The first-order chi connectivity index (χ1) is 27.2. The van der Waals surface area contributed by atoms with Gasteiger partial charge >= 0.3 is 0 Å². The SMILES string of the molecule is O=c1c2ccccc2n(-c2nc(-c3ccccc3)nc(-c3ccccc3)n2)c2nc3ccc4c(c3n12)C1(c2ccccc2-c2ccccc21)c1ccccc1-4. The molecule has 256 valence electrons. The molecule has 0 radical (unpaired) electrons. The summed E-state index contributed by atoms with van der Waals surface area (Å²) in [5.41, 5.74) is 12.3. The molecule has 0 atom stereocenters. The van der Waals surface area contributed by atoms with Crippen LogP contribution in [0.4, 0.5) is 0 Å². The number of imidazole rings is 1. The molecule has 0 N–H and O–H groups in total. The molecule has 0 bridgehead atoms. The Morgan fingerprint density at radius 2 is 0.964 bits per heavy atom. The highest BCUT2D eigenvalue weighted by Gasteiger charge is 2.53. The van der Waals surface area contributed by atoms with E-state index in [1.54, 1.807) is 0 Å². The quantitative estimate of drug-likeness (QED) is 0.183. The minimum absolute atomic E-state index is 0.149. The molecular weight excluding hydrogens is 677 g/mol. The first kappa shape index (κ1) is 30.0. The van der Waals surface area contributed by atoms with Crippen molar-refractivity contribution < 1.29 is 0 Å². The molecule has 7 heteroatoms. The Hall–Kier alpha value is -7.51. The fourth-order valence-electron chi connectivity index (χ4n) is 9.25. The molecule has 0 fully saturated rings. The van der Waals surface area contributed by atoms with Crippen LogP contribution in [0.25, 0.3) is 78.7 Å². The molecule has 0 unspecified atom stereocenters. The fraction of sp³-hybridized carbons (Fsp3) is 0.0208. The number of aromatic nitrogens is 6. The van der Waals surface area contributed by atoms with Crippen LogP contribution < -0.4 is 5.56 Å². The minimum Gasteiger partial charge on any atom is -0.268 e. The Balaban J connectivity index is 1.26. The Labute approximate surface area is 314 Å². The lowest BCUT2D eigenvalue weighted by Gasteiger charge is -2.30. The maximum atomic E-state index is 15.1. The third kappa shape index (κ3) is 3.91. The maximum absolute atomic E-state index is 15.1. The molecule has 1 spiro atoms. The molecule has 3 aromatic heterocycles. The number of benzene rings is 7. The van der Waals surface area contributed by atoms with Crippen molar-refractivity contribution in [3.8, 4) is 51.0 Å². The maximum Gasteiger partial charge on any atom is 0.267 e. The first-order valence-electron chi connectivity index (χ1n) is 18.4. The fourth-order valence-corrected chi connectivity index (χ4v) is 9.25. The molecule has 0 saturated carbocycles. The number of nitrogens with zero attached hydrogens (tertiary/aromatic N) is 6. The van der Waals surface area contributed by atoms with Crippen LogP contribution in [0.1, 0.15) is 22.3 Å². The van der Waals surface area contributed by atoms with Crippen molar-refractivity contribution in [2.75, 3.05) is 0 Å². The van der Waals surface area contributed by atoms with Gasteiger partial charge in [0.1, 0.15) is 0 Å². The van der Waals surface area contributed by atoms with Crippen LogP contribution in [0.2, 0.25) is 0 Å². The Kier molecular flexibility index (Phi) is 6.00. The van der Waals surface area contributed by atoms with Gasteiger partial charge in [-0.3, -0.25) is 4.79 Å². The highest BCUT2D eigenvalue weighted by atomic mass is 16.1. The van der Waals surface area contributed by atoms with Crippen molar-refractivity contribution in [2.45, 2.75) is 5.41 Å².